The Morgan fingerprint density at radius 1 is 0.781 bits per heavy atom. The Morgan fingerprint density at radius 3 is 2.00 bits per heavy atom. The number of amides is 3. The number of nitrogens with one attached hydrogen (secondary N) is 3. The largest absolute Gasteiger partial charge is 0.445 e. The topological polar surface area (TPSA) is 96.5 Å². The molecule has 0 heterocycles. The highest BCUT2D eigenvalue weighted by Gasteiger charge is 2.22. The van der Waals surface area contributed by atoms with Gasteiger partial charge in [0.15, 0.2) is 0 Å². The zero-order valence-corrected chi connectivity index (χ0v) is 17.7. The molecule has 3 aromatic rings. The molecule has 3 amide bonds. The van der Waals surface area contributed by atoms with Crippen LogP contribution in [-0.4, -0.2) is 23.9 Å². The number of rotatable bonds is 7. The lowest BCUT2D eigenvalue weighted by atomic mass is 10.1. The van der Waals surface area contributed by atoms with Crippen molar-refractivity contribution >= 4 is 17.9 Å². The van der Waals surface area contributed by atoms with Crippen LogP contribution in [0.3, 0.4) is 0 Å². The number of hydrazine groups is 1. The number of hydrogen-bond acceptors (Lipinski definition) is 4. The SMILES string of the molecule is Cc1ccc(C(=O)NNC(=O)[C@H](Cc2ccccc2)NC(=O)OCc2ccccc2)cc1. The van der Waals surface area contributed by atoms with Gasteiger partial charge in [-0.2, -0.15) is 0 Å². The van der Waals surface area contributed by atoms with Crippen molar-refractivity contribution in [2.75, 3.05) is 0 Å². The van der Waals surface area contributed by atoms with E-state index in [1.807, 2.05) is 67.6 Å². The highest BCUT2D eigenvalue weighted by atomic mass is 16.5. The molecule has 0 bridgehead atoms. The number of carbonyl (C=O) groups excluding carboxylic acids is 3. The van der Waals surface area contributed by atoms with E-state index in [1.54, 1.807) is 24.3 Å². The Bertz CT molecular complexity index is 1040. The normalized spacial score (nSPS) is 11.2. The van der Waals surface area contributed by atoms with Gasteiger partial charge in [-0.1, -0.05) is 78.4 Å². The summed E-state index contributed by atoms with van der Waals surface area (Å²) in [7, 11) is 0. The lowest BCUT2D eigenvalue weighted by Gasteiger charge is -2.19. The second-order valence-corrected chi connectivity index (χ2v) is 7.26. The lowest BCUT2D eigenvalue weighted by molar-refractivity contribution is -0.123. The van der Waals surface area contributed by atoms with E-state index in [4.69, 9.17) is 4.74 Å². The van der Waals surface area contributed by atoms with E-state index in [0.29, 0.717) is 5.56 Å². The van der Waals surface area contributed by atoms with Crippen molar-refractivity contribution in [1.82, 2.24) is 16.2 Å². The van der Waals surface area contributed by atoms with Gasteiger partial charge < -0.3 is 10.1 Å². The Labute approximate surface area is 186 Å². The summed E-state index contributed by atoms with van der Waals surface area (Å²) in [6, 6.07) is 24.5. The molecule has 1 atom stereocenters. The van der Waals surface area contributed by atoms with Crippen molar-refractivity contribution < 1.29 is 19.1 Å². The Balaban J connectivity index is 1.60. The van der Waals surface area contributed by atoms with Gasteiger partial charge in [0.2, 0.25) is 0 Å². The minimum atomic E-state index is -0.945. The first-order valence-corrected chi connectivity index (χ1v) is 10.2. The van der Waals surface area contributed by atoms with Crippen molar-refractivity contribution in [2.45, 2.75) is 26.0 Å². The van der Waals surface area contributed by atoms with Crippen LogP contribution >= 0.6 is 0 Å². The van der Waals surface area contributed by atoms with E-state index in [-0.39, 0.29) is 13.0 Å². The second kappa shape index (κ2) is 11.3. The van der Waals surface area contributed by atoms with Gasteiger partial charge >= 0.3 is 6.09 Å². The van der Waals surface area contributed by atoms with Crippen molar-refractivity contribution in [3.8, 4) is 0 Å². The summed E-state index contributed by atoms with van der Waals surface area (Å²) in [6.07, 6.45) is -0.497. The Kier molecular flexibility index (Phi) is 7.97. The van der Waals surface area contributed by atoms with Crippen LogP contribution in [0.1, 0.15) is 27.0 Å². The number of ether oxygens (including phenoxy) is 1. The molecule has 32 heavy (non-hydrogen) atoms. The monoisotopic (exact) mass is 431 g/mol. The first kappa shape index (κ1) is 22.6. The molecule has 0 saturated carbocycles. The third kappa shape index (κ3) is 6.98. The number of aryl methyl sites for hydroxylation is 1. The second-order valence-electron chi connectivity index (χ2n) is 7.26. The van der Waals surface area contributed by atoms with Gasteiger partial charge in [-0.05, 0) is 30.2 Å². The number of benzene rings is 3. The molecule has 0 radical (unpaired) electrons. The molecule has 0 aliphatic carbocycles. The molecule has 3 N–H and O–H groups in total. The van der Waals surface area contributed by atoms with Crippen LogP contribution in [0.15, 0.2) is 84.9 Å². The summed E-state index contributed by atoms with van der Waals surface area (Å²) in [5.74, 6) is -1.02. The molecule has 0 aliphatic heterocycles. The highest BCUT2D eigenvalue weighted by molar-refractivity contribution is 5.96. The molecule has 0 saturated heterocycles. The first-order chi connectivity index (χ1) is 15.5. The molecular weight excluding hydrogens is 406 g/mol. The molecule has 0 unspecified atom stereocenters. The zero-order valence-electron chi connectivity index (χ0n) is 17.7. The van der Waals surface area contributed by atoms with E-state index in [0.717, 1.165) is 16.7 Å². The molecule has 0 spiro atoms. The Morgan fingerprint density at radius 2 is 1.38 bits per heavy atom. The third-order valence-corrected chi connectivity index (χ3v) is 4.72. The fourth-order valence-corrected chi connectivity index (χ4v) is 2.95. The molecule has 0 fully saturated rings. The number of carbonyl (C=O) groups is 3. The highest BCUT2D eigenvalue weighted by Crippen LogP contribution is 2.06. The summed E-state index contributed by atoms with van der Waals surface area (Å²) in [4.78, 5) is 37.3. The molecule has 0 aromatic heterocycles. The van der Waals surface area contributed by atoms with Crippen molar-refractivity contribution in [3.05, 3.63) is 107 Å². The summed E-state index contributed by atoms with van der Waals surface area (Å²) in [5, 5.41) is 2.58. The maximum atomic E-state index is 12.8. The van der Waals surface area contributed by atoms with Crippen LogP contribution in [-0.2, 0) is 22.6 Å². The summed E-state index contributed by atoms with van der Waals surface area (Å²) < 4.78 is 5.24. The van der Waals surface area contributed by atoms with Crippen molar-refractivity contribution in [1.29, 1.82) is 0 Å². The van der Waals surface area contributed by atoms with Crippen LogP contribution in [0.25, 0.3) is 0 Å². The molecule has 3 aromatic carbocycles. The van der Waals surface area contributed by atoms with Crippen molar-refractivity contribution in [3.63, 3.8) is 0 Å². The molecule has 0 aliphatic rings. The van der Waals surface area contributed by atoms with Gasteiger partial charge in [0, 0.05) is 12.0 Å². The standard InChI is InChI=1S/C25H25N3O4/c1-18-12-14-21(15-13-18)23(29)27-28-24(30)22(16-19-8-4-2-5-9-19)26-25(31)32-17-20-10-6-3-7-11-20/h2-15,22H,16-17H2,1H3,(H,26,31)(H,27,29)(H,28,30)/t22-/m0/s1. The van der Waals surface area contributed by atoms with E-state index in [9.17, 15) is 14.4 Å². The van der Waals surface area contributed by atoms with E-state index < -0.39 is 23.9 Å². The maximum Gasteiger partial charge on any atom is 0.408 e. The van der Waals surface area contributed by atoms with E-state index >= 15 is 0 Å². The summed E-state index contributed by atoms with van der Waals surface area (Å²) in [6.45, 7) is 2.00. The number of alkyl carbamates (subject to hydrolysis) is 1. The predicted octanol–water partition coefficient (Wildman–Crippen LogP) is 3.29. The molecule has 164 valence electrons. The average Bonchev–Trinajstić information content (AvgIpc) is 2.82. The quantitative estimate of drug-likeness (QED) is 0.500. The van der Waals surface area contributed by atoms with Gasteiger partial charge in [-0.3, -0.25) is 20.4 Å². The van der Waals surface area contributed by atoms with Gasteiger partial charge in [0.05, 0.1) is 0 Å². The van der Waals surface area contributed by atoms with Gasteiger partial charge in [-0.15, -0.1) is 0 Å². The van der Waals surface area contributed by atoms with Crippen LogP contribution in [0, 0.1) is 6.92 Å². The summed E-state index contributed by atoms with van der Waals surface area (Å²) in [5.41, 5.74) is 7.88. The Hall–Kier alpha value is -4.13. The minimum Gasteiger partial charge on any atom is -0.445 e. The zero-order chi connectivity index (χ0) is 22.8. The van der Waals surface area contributed by atoms with Crippen molar-refractivity contribution in [2.24, 2.45) is 0 Å². The molecule has 3 rings (SSSR count). The predicted molar refractivity (Wildman–Crippen MR) is 120 cm³/mol. The lowest BCUT2D eigenvalue weighted by Crippen LogP contribution is -2.53. The third-order valence-electron chi connectivity index (χ3n) is 4.72. The number of hydrogen-bond donors (Lipinski definition) is 3. The van der Waals surface area contributed by atoms with Crippen LogP contribution < -0.4 is 16.2 Å². The molecular formula is C25H25N3O4. The van der Waals surface area contributed by atoms with Crippen LogP contribution in [0.5, 0.6) is 0 Å². The molecule has 7 heteroatoms. The van der Waals surface area contributed by atoms with Gasteiger partial charge in [-0.25, -0.2) is 4.79 Å². The first-order valence-electron chi connectivity index (χ1n) is 10.2. The summed E-state index contributed by atoms with van der Waals surface area (Å²) >= 11 is 0. The fourth-order valence-electron chi connectivity index (χ4n) is 2.95. The fraction of sp³-hybridized carbons (Fsp3) is 0.160. The average molecular weight is 431 g/mol. The smallest absolute Gasteiger partial charge is 0.408 e. The van der Waals surface area contributed by atoms with E-state index in [2.05, 4.69) is 16.2 Å². The van der Waals surface area contributed by atoms with E-state index in [1.165, 1.54) is 0 Å². The van der Waals surface area contributed by atoms with Gasteiger partial charge in [0.25, 0.3) is 11.8 Å². The van der Waals surface area contributed by atoms with Crippen LogP contribution in [0.2, 0.25) is 0 Å². The van der Waals surface area contributed by atoms with Gasteiger partial charge in [0.1, 0.15) is 12.6 Å². The maximum absolute atomic E-state index is 12.8. The minimum absolute atomic E-state index is 0.0799. The molecule has 7 nitrogen and oxygen atoms in total. The van der Waals surface area contributed by atoms with Crippen LogP contribution in [0.4, 0.5) is 4.79 Å².